The summed E-state index contributed by atoms with van der Waals surface area (Å²) in [6.45, 7) is 0. The Balaban J connectivity index is 0.000000160. The largest absolute Gasteiger partial charge is 0.481 e. The van der Waals surface area contributed by atoms with Crippen LogP contribution in [0.15, 0.2) is 121 Å². The molecule has 6 heteroatoms. The highest BCUT2D eigenvalue weighted by Crippen LogP contribution is 2.40. The fraction of sp³-hybridized carbons (Fsp3) is 0.162. The second kappa shape index (κ2) is 11.9. The summed E-state index contributed by atoms with van der Waals surface area (Å²) >= 11 is 0. The fourth-order valence-corrected chi connectivity index (χ4v) is 7.75. The van der Waals surface area contributed by atoms with E-state index in [1.54, 1.807) is 53.6 Å². The van der Waals surface area contributed by atoms with Gasteiger partial charge >= 0.3 is 5.97 Å². The molecule has 0 saturated carbocycles. The molecule has 0 fully saturated rings. The number of sulfone groups is 1. The van der Waals surface area contributed by atoms with Crippen molar-refractivity contribution in [3.8, 4) is 22.6 Å². The maximum atomic E-state index is 12.6. The summed E-state index contributed by atoms with van der Waals surface area (Å²) < 4.78 is 29.2. The van der Waals surface area contributed by atoms with Gasteiger partial charge in [-0.3, -0.25) is 4.79 Å². The van der Waals surface area contributed by atoms with Crippen molar-refractivity contribution in [2.45, 2.75) is 36.9 Å². The van der Waals surface area contributed by atoms with Crippen LogP contribution in [0.2, 0.25) is 0 Å². The van der Waals surface area contributed by atoms with Crippen molar-refractivity contribution >= 4 is 21.9 Å². The van der Waals surface area contributed by atoms with Gasteiger partial charge in [0.05, 0.1) is 6.42 Å². The molecule has 3 aliphatic rings. The van der Waals surface area contributed by atoms with Crippen molar-refractivity contribution in [1.29, 1.82) is 0 Å². The number of aryl methyl sites for hydroxylation is 1. The average molecular weight is 589 g/mol. The highest BCUT2D eigenvalue weighted by atomic mass is 32.2. The number of carboxylic acid groups (broad SMARTS) is 1. The Kier molecular flexibility index (Phi) is 7.87. The molecule has 1 unspecified atom stereocenters. The van der Waals surface area contributed by atoms with Gasteiger partial charge in [-0.05, 0) is 88.9 Å². The Morgan fingerprint density at radius 1 is 0.767 bits per heavy atom. The summed E-state index contributed by atoms with van der Waals surface area (Å²) in [6.07, 6.45) is 13.2. The predicted octanol–water partition coefficient (Wildman–Crippen LogP) is 8.06. The summed E-state index contributed by atoms with van der Waals surface area (Å²) in [6, 6.07) is 29.1. The predicted molar refractivity (Wildman–Crippen MR) is 171 cm³/mol. The minimum Gasteiger partial charge on any atom is -0.481 e. The molecule has 0 spiro atoms. The minimum absolute atomic E-state index is 0.385. The molecular weight excluding hydrogens is 556 g/mol. The van der Waals surface area contributed by atoms with Gasteiger partial charge in [0.2, 0.25) is 0 Å². The second-order valence-electron chi connectivity index (χ2n) is 10.9. The van der Waals surface area contributed by atoms with Gasteiger partial charge in [-0.2, -0.15) is 0 Å². The SMILES string of the molecule is C1=Cc2ccc3c(c2CC1)CCc1ccccc1-3.O=C(O)CC1(c2ccc(Oc3ccccc3)cc2)C=CC=CS1(=O)=O. The molecule has 4 aromatic carbocycles. The summed E-state index contributed by atoms with van der Waals surface area (Å²) in [5, 5.41) is 10.3. The van der Waals surface area contributed by atoms with Crippen molar-refractivity contribution in [3.05, 3.63) is 149 Å². The van der Waals surface area contributed by atoms with Crippen molar-refractivity contribution in [1.82, 2.24) is 0 Å². The Hall–Kier alpha value is -4.68. The summed E-state index contributed by atoms with van der Waals surface area (Å²) in [5.41, 5.74) is 9.48. The quantitative estimate of drug-likeness (QED) is 0.255. The smallest absolute Gasteiger partial charge is 0.305 e. The van der Waals surface area contributed by atoms with E-state index in [4.69, 9.17) is 4.74 Å². The first-order chi connectivity index (χ1) is 20.9. The Morgan fingerprint density at radius 2 is 1.51 bits per heavy atom. The third-order valence-electron chi connectivity index (χ3n) is 8.26. The van der Waals surface area contributed by atoms with Gasteiger partial charge in [-0.25, -0.2) is 8.42 Å². The van der Waals surface area contributed by atoms with Crippen LogP contribution < -0.4 is 4.74 Å². The molecule has 7 rings (SSSR count). The van der Waals surface area contributed by atoms with Gasteiger partial charge in [-0.15, -0.1) is 0 Å². The van der Waals surface area contributed by atoms with Gasteiger partial charge in [0.25, 0.3) is 0 Å². The van der Waals surface area contributed by atoms with Gasteiger partial charge in [-0.1, -0.05) is 97.1 Å². The lowest BCUT2D eigenvalue weighted by atomic mass is 9.80. The Bertz CT molecular complexity index is 1850. The van der Waals surface area contributed by atoms with Crippen molar-refractivity contribution in [2.75, 3.05) is 0 Å². The fourth-order valence-electron chi connectivity index (χ4n) is 6.15. The standard InChI is InChI=1S/C19H16O5S.C18H16/c20-18(21)14-19(12-4-5-13-25(19,22)23)15-8-10-17(11-9-15)24-16-6-2-1-3-7-16;1-3-7-15-13(5-1)9-11-18-16-8-4-2-6-14(16)10-12-17(15)18/h1-13H,14H2,(H,20,21);1-3,5-7,10,12H,4,8-9,11H2. The number of rotatable bonds is 5. The summed E-state index contributed by atoms with van der Waals surface area (Å²) in [5.74, 6) is 0.00454. The highest BCUT2D eigenvalue weighted by Gasteiger charge is 2.44. The van der Waals surface area contributed by atoms with Gasteiger partial charge < -0.3 is 9.84 Å². The maximum absolute atomic E-state index is 12.6. The monoisotopic (exact) mass is 588 g/mol. The topological polar surface area (TPSA) is 80.7 Å². The second-order valence-corrected chi connectivity index (χ2v) is 13.0. The third kappa shape index (κ3) is 5.71. The number of ether oxygens (including phenoxy) is 1. The number of hydrogen-bond acceptors (Lipinski definition) is 4. The normalized spacial score (nSPS) is 18.8. The number of carboxylic acids is 1. The van der Waals surface area contributed by atoms with E-state index in [2.05, 4.69) is 48.6 Å². The van der Waals surface area contributed by atoms with Crippen LogP contribution in [0.3, 0.4) is 0 Å². The van der Waals surface area contributed by atoms with E-state index >= 15 is 0 Å². The zero-order valence-corrected chi connectivity index (χ0v) is 24.5. The zero-order valence-electron chi connectivity index (χ0n) is 23.6. The van der Waals surface area contributed by atoms with E-state index in [0.717, 1.165) is 5.41 Å². The number of carbonyl (C=O) groups is 1. The molecule has 1 aliphatic heterocycles. The Labute approximate surface area is 252 Å². The van der Waals surface area contributed by atoms with Crippen LogP contribution in [0, 0.1) is 0 Å². The molecule has 5 nitrogen and oxygen atoms in total. The first-order valence-electron chi connectivity index (χ1n) is 14.4. The Morgan fingerprint density at radius 3 is 2.28 bits per heavy atom. The first-order valence-corrected chi connectivity index (χ1v) is 16.0. The van der Waals surface area contributed by atoms with Crippen LogP contribution in [0.4, 0.5) is 0 Å². The van der Waals surface area contributed by atoms with E-state index in [0.29, 0.717) is 17.1 Å². The van der Waals surface area contributed by atoms with Crippen molar-refractivity contribution < 1.29 is 23.1 Å². The number of para-hydroxylation sites is 1. The molecule has 43 heavy (non-hydrogen) atoms. The van der Waals surface area contributed by atoms with Crippen molar-refractivity contribution in [3.63, 3.8) is 0 Å². The van der Waals surface area contributed by atoms with Crippen LogP contribution in [0.5, 0.6) is 11.5 Å². The van der Waals surface area contributed by atoms with Gasteiger partial charge in [0, 0.05) is 5.41 Å². The van der Waals surface area contributed by atoms with Crippen LogP contribution in [-0.2, 0) is 38.6 Å². The molecule has 2 aliphatic carbocycles. The van der Waals surface area contributed by atoms with E-state index in [1.807, 2.05) is 18.2 Å². The van der Waals surface area contributed by atoms with Crippen molar-refractivity contribution in [2.24, 2.45) is 0 Å². The molecule has 0 bridgehead atoms. The van der Waals surface area contributed by atoms with Crippen LogP contribution in [0.1, 0.15) is 40.7 Å². The molecular formula is C37H32O5S. The number of allylic oxidation sites excluding steroid dienone is 3. The number of fused-ring (bicyclic) bond motifs is 5. The van der Waals surface area contributed by atoms with E-state index < -0.39 is 27.0 Å². The first kappa shape index (κ1) is 28.4. The lowest BCUT2D eigenvalue weighted by Crippen LogP contribution is -2.36. The molecule has 1 N–H and O–H groups in total. The molecule has 1 atom stereocenters. The van der Waals surface area contributed by atoms with Gasteiger partial charge in [0.1, 0.15) is 16.2 Å². The minimum atomic E-state index is -3.79. The number of aliphatic carboxylic acids is 1. The average Bonchev–Trinajstić information content (AvgIpc) is 3.03. The maximum Gasteiger partial charge on any atom is 0.305 e. The third-order valence-corrected chi connectivity index (χ3v) is 10.3. The molecule has 216 valence electrons. The molecule has 0 aromatic heterocycles. The lowest BCUT2D eigenvalue weighted by Gasteiger charge is -2.29. The molecule has 0 saturated heterocycles. The summed E-state index contributed by atoms with van der Waals surface area (Å²) in [4.78, 5) is 11.3. The molecule has 4 aromatic rings. The lowest BCUT2D eigenvalue weighted by molar-refractivity contribution is -0.137. The number of benzene rings is 4. The summed E-state index contributed by atoms with van der Waals surface area (Å²) in [7, 11) is -3.79. The number of hydrogen-bond donors (Lipinski definition) is 1. The van der Waals surface area contributed by atoms with Gasteiger partial charge in [0.15, 0.2) is 9.84 Å². The molecule has 0 amide bonds. The zero-order chi connectivity index (χ0) is 29.9. The van der Waals surface area contributed by atoms with Crippen LogP contribution in [-0.4, -0.2) is 19.5 Å². The van der Waals surface area contributed by atoms with E-state index in [-0.39, 0.29) is 0 Å². The van der Waals surface area contributed by atoms with Crippen LogP contribution >= 0.6 is 0 Å². The molecule has 0 radical (unpaired) electrons. The van der Waals surface area contributed by atoms with Crippen LogP contribution in [0.25, 0.3) is 17.2 Å². The van der Waals surface area contributed by atoms with E-state index in [9.17, 15) is 18.3 Å². The van der Waals surface area contributed by atoms with E-state index in [1.165, 1.54) is 60.1 Å². The molecule has 1 heterocycles. The highest BCUT2D eigenvalue weighted by molar-refractivity contribution is 7.95.